The summed E-state index contributed by atoms with van der Waals surface area (Å²) in [4.78, 5) is 0. The van der Waals surface area contributed by atoms with E-state index in [-0.39, 0.29) is 6.04 Å². The first-order valence-corrected chi connectivity index (χ1v) is 6.78. The molecular weight excluding hydrogens is 312 g/mol. The minimum atomic E-state index is -0.555. The molecule has 2 aromatic carbocycles. The second-order valence-corrected chi connectivity index (χ2v) is 5.31. The molecule has 1 atom stereocenters. The zero-order chi connectivity index (χ0) is 13.8. The van der Waals surface area contributed by atoms with Gasteiger partial charge in [0, 0.05) is 28.7 Å². The molecule has 100 valence electrons. The summed E-state index contributed by atoms with van der Waals surface area (Å²) in [5, 5.41) is 3.22. The number of hydrogen-bond donors (Lipinski definition) is 1. The zero-order valence-corrected chi connectivity index (χ0v) is 12.0. The normalized spacial score (nSPS) is 12.4. The number of rotatable bonds is 4. The number of nitrogens with one attached hydrogen (secondary N) is 1. The van der Waals surface area contributed by atoms with Crippen molar-refractivity contribution in [3.8, 4) is 0 Å². The van der Waals surface area contributed by atoms with Gasteiger partial charge >= 0.3 is 0 Å². The fraction of sp³-hybridized carbons (Fsp3) is 0.200. The second-order valence-electron chi connectivity index (χ2n) is 4.40. The van der Waals surface area contributed by atoms with E-state index in [1.54, 1.807) is 0 Å². The molecule has 1 unspecified atom stereocenters. The molecule has 0 spiro atoms. The fourth-order valence-electron chi connectivity index (χ4n) is 1.88. The Morgan fingerprint density at radius 1 is 1.16 bits per heavy atom. The minimum absolute atomic E-state index is 0.181. The molecule has 0 radical (unpaired) electrons. The Hall–Kier alpha value is -1.26. The summed E-state index contributed by atoms with van der Waals surface area (Å²) in [6, 6.07) is 11.4. The highest BCUT2D eigenvalue weighted by Crippen LogP contribution is 2.18. The van der Waals surface area contributed by atoms with Crippen LogP contribution in [0.3, 0.4) is 0 Å². The Balaban J connectivity index is 2.03. The molecule has 19 heavy (non-hydrogen) atoms. The molecule has 0 aliphatic carbocycles. The van der Waals surface area contributed by atoms with Gasteiger partial charge in [0.2, 0.25) is 0 Å². The Labute approximate surface area is 119 Å². The van der Waals surface area contributed by atoms with Gasteiger partial charge in [0.05, 0.1) is 0 Å². The lowest BCUT2D eigenvalue weighted by molar-refractivity contribution is 0.517. The van der Waals surface area contributed by atoms with E-state index in [9.17, 15) is 8.78 Å². The van der Waals surface area contributed by atoms with Gasteiger partial charge in [0.25, 0.3) is 0 Å². The smallest absolute Gasteiger partial charge is 0.130 e. The third-order valence-corrected chi connectivity index (χ3v) is 3.42. The van der Waals surface area contributed by atoms with Crippen molar-refractivity contribution >= 4 is 15.9 Å². The maximum atomic E-state index is 13.6. The van der Waals surface area contributed by atoms with Crippen LogP contribution in [0.4, 0.5) is 8.78 Å². The Morgan fingerprint density at radius 3 is 2.63 bits per heavy atom. The van der Waals surface area contributed by atoms with Crippen molar-refractivity contribution in [1.82, 2.24) is 5.32 Å². The van der Waals surface area contributed by atoms with E-state index < -0.39 is 11.6 Å². The molecule has 0 amide bonds. The molecule has 1 nitrogen and oxygen atoms in total. The Bertz CT molecular complexity index is 572. The largest absolute Gasteiger partial charge is 0.306 e. The van der Waals surface area contributed by atoms with E-state index >= 15 is 0 Å². The molecule has 1 N–H and O–H groups in total. The first kappa shape index (κ1) is 14.2. The Kier molecular flexibility index (Phi) is 4.66. The van der Waals surface area contributed by atoms with E-state index in [1.807, 2.05) is 31.2 Å². The van der Waals surface area contributed by atoms with Crippen molar-refractivity contribution in [2.24, 2.45) is 0 Å². The SMILES string of the molecule is CC(NCc1cccc(Br)c1)c1ccc(F)cc1F. The van der Waals surface area contributed by atoms with Crippen LogP contribution in [-0.4, -0.2) is 0 Å². The maximum Gasteiger partial charge on any atom is 0.130 e. The van der Waals surface area contributed by atoms with Gasteiger partial charge in [0.1, 0.15) is 11.6 Å². The number of halogens is 3. The fourth-order valence-corrected chi connectivity index (χ4v) is 2.33. The van der Waals surface area contributed by atoms with Crippen LogP contribution in [-0.2, 0) is 6.54 Å². The van der Waals surface area contributed by atoms with Crippen LogP contribution in [0.25, 0.3) is 0 Å². The average molecular weight is 326 g/mol. The first-order chi connectivity index (χ1) is 9.06. The van der Waals surface area contributed by atoms with Crippen LogP contribution in [0.5, 0.6) is 0 Å². The van der Waals surface area contributed by atoms with Gasteiger partial charge < -0.3 is 5.32 Å². The molecule has 0 bridgehead atoms. The lowest BCUT2D eigenvalue weighted by atomic mass is 10.1. The van der Waals surface area contributed by atoms with Crippen LogP contribution >= 0.6 is 15.9 Å². The van der Waals surface area contributed by atoms with E-state index in [4.69, 9.17) is 0 Å². The van der Waals surface area contributed by atoms with Gasteiger partial charge in [-0.2, -0.15) is 0 Å². The Morgan fingerprint density at radius 2 is 1.95 bits per heavy atom. The monoisotopic (exact) mass is 325 g/mol. The van der Waals surface area contributed by atoms with Crippen LogP contribution in [0.2, 0.25) is 0 Å². The quantitative estimate of drug-likeness (QED) is 0.867. The summed E-state index contributed by atoms with van der Waals surface area (Å²) in [5.74, 6) is -1.07. The van der Waals surface area contributed by atoms with Crippen molar-refractivity contribution < 1.29 is 8.78 Å². The lowest BCUT2D eigenvalue weighted by Gasteiger charge is -2.15. The topological polar surface area (TPSA) is 12.0 Å². The third-order valence-electron chi connectivity index (χ3n) is 2.93. The van der Waals surface area contributed by atoms with E-state index in [1.165, 1.54) is 12.1 Å². The molecule has 0 fully saturated rings. The second kappa shape index (κ2) is 6.26. The zero-order valence-electron chi connectivity index (χ0n) is 10.5. The van der Waals surface area contributed by atoms with Crippen molar-refractivity contribution in [2.75, 3.05) is 0 Å². The highest BCUT2D eigenvalue weighted by Gasteiger charge is 2.11. The summed E-state index contributed by atoms with van der Waals surface area (Å²) >= 11 is 3.40. The molecule has 2 aromatic rings. The number of hydrogen-bond acceptors (Lipinski definition) is 1. The summed E-state index contributed by atoms with van der Waals surface area (Å²) in [6.07, 6.45) is 0. The van der Waals surface area contributed by atoms with Gasteiger partial charge in [-0.05, 0) is 30.7 Å². The maximum absolute atomic E-state index is 13.6. The van der Waals surface area contributed by atoms with Gasteiger partial charge in [-0.25, -0.2) is 8.78 Å². The highest BCUT2D eigenvalue weighted by molar-refractivity contribution is 9.10. The highest BCUT2D eigenvalue weighted by atomic mass is 79.9. The van der Waals surface area contributed by atoms with E-state index in [2.05, 4.69) is 21.2 Å². The molecule has 0 heterocycles. The van der Waals surface area contributed by atoms with Crippen LogP contribution in [0.15, 0.2) is 46.9 Å². The average Bonchev–Trinajstić information content (AvgIpc) is 2.36. The lowest BCUT2D eigenvalue weighted by Crippen LogP contribution is -2.19. The summed E-state index contributed by atoms with van der Waals surface area (Å²) < 4.78 is 27.5. The standard InChI is InChI=1S/C15H14BrF2N/c1-10(14-6-5-13(17)8-15(14)18)19-9-11-3-2-4-12(16)7-11/h2-8,10,19H,9H2,1H3. The van der Waals surface area contributed by atoms with Crippen molar-refractivity contribution in [3.63, 3.8) is 0 Å². The van der Waals surface area contributed by atoms with Gasteiger partial charge in [-0.3, -0.25) is 0 Å². The first-order valence-electron chi connectivity index (χ1n) is 5.99. The minimum Gasteiger partial charge on any atom is -0.306 e. The summed E-state index contributed by atoms with van der Waals surface area (Å²) in [5.41, 5.74) is 1.57. The van der Waals surface area contributed by atoms with Crippen molar-refractivity contribution in [3.05, 3.63) is 69.7 Å². The van der Waals surface area contributed by atoms with Crippen LogP contribution in [0, 0.1) is 11.6 Å². The predicted molar refractivity (Wildman–Crippen MR) is 75.8 cm³/mol. The van der Waals surface area contributed by atoms with Crippen molar-refractivity contribution in [1.29, 1.82) is 0 Å². The summed E-state index contributed by atoms with van der Waals surface area (Å²) in [6.45, 7) is 2.48. The van der Waals surface area contributed by atoms with Gasteiger partial charge in [-0.15, -0.1) is 0 Å². The van der Waals surface area contributed by atoms with E-state index in [0.29, 0.717) is 12.1 Å². The predicted octanol–water partition coefficient (Wildman–Crippen LogP) is 4.58. The van der Waals surface area contributed by atoms with Gasteiger partial charge in [-0.1, -0.05) is 34.1 Å². The molecule has 0 aliphatic rings. The molecule has 0 saturated heterocycles. The molecular formula is C15H14BrF2N. The summed E-state index contributed by atoms with van der Waals surface area (Å²) in [7, 11) is 0. The molecule has 0 saturated carbocycles. The van der Waals surface area contributed by atoms with Gasteiger partial charge in [0.15, 0.2) is 0 Å². The van der Waals surface area contributed by atoms with Crippen LogP contribution in [0.1, 0.15) is 24.1 Å². The molecule has 0 aliphatic heterocycles. The van der Waals surface area contributed by atoms with Crippen molar-refractivity contribution in [2.45, 2.75) is 19.5 Å². The number of benzene rings is 2. The third kappa shape index (κ3) is 3.85. The molecule has 4 heteroatoms. The molecule has 2 rings (SSSR count). The van der Waals surface area contributed by atoms with Crippen LogP contribution < -0.4 is 5.32 Å². The molecule has 0 aromatic heterocycles. The van der Waals surface area contributed by atoms with E-state index in [0.717, 1.165) is 16.1 Å².